The average Bonchev–Trinajstić information content (AvgIpc) is 3.64. The molecule has 226 valence electrons. The summed E-state index contributed by atoms with van der Waals surface area (Å²) in [6.07, 6.45) is 1.61. The Kier molecular flexibility index (Phi) is 8.01. The van der Waals surface area contributed by atoms with Gasteiger partial charge in [-0.2, -0.15) is 0 Å². The Bertz CT molecular complexity index is 2160. The largest absolute Gasteiger partial charge is 0.497 e. The number of carbonyl (C=O) groups is 1. The lowest BCUT2D eigenvalue weighted by atomic mass is 9.93. The Hall–Kier alpha value is -5.55. The quantitative estimate of drug-likeness (QED) is 0.129. The SMILES string of the molecule is CCOC(=O)C1=C(c2ccccc2)N=c2s/c(=C\c3ccc(-c4cccc([N+](=O)[O-])c4C)o3)c(=O)n2[C@H]1c1cccc(OC)c1. The molecule has 0 aliphatic carbocycles. The summed E-state index contributed by atoms with van der Waals surface area (Å²) in [5.74, 6) is 0.799. The van der Waals surface area contributed by atoms with Crippen LogP contribution in [0.1, 0.15) is 35.4 Å². The van der Waals surface area contributed by atoms with E-state index in [9.17, 15) is 19.7 Å². The lowest BCUT2D eigenvalue weighted by Gasteiger charge is -2.26. The number of esters is 1. The molecule has 2 aromatic heterocycles. The number of nitrogens with zero attached hydrogens (tertiary/aromatic N) is 3. The molecule has 0 saturated carbocycles. The van der Waals surface area contributed by atoms with Crippen molar-refractivity contribution in [2.45, 2.75) is 19.9 Å². The van der Waals surface area contributed by atoms with E-state index in [4.69, 9.17) is 18.9 Å². The number of nitro benzene ring substituents is 1. The first-order chi connectivity index (χ1) is 21.8. The standard InChI is InChI=1S/C34H27N3O7S/c1-4-43-33(39)29-30(21-10-6-5-7-11-21)35-34-36(31(29)22-12-8-13-23(18-22)42-3)32(38)28(45-34)19-24-16-17-27(44-24)25-14-9-15-26(20(25)2)37(40)41/h5-19,31H,4H2,1-3H3/b28-19-/t31-/m0/s1. The zero-order valence-electron chi connectivity index (χ0n) is 24.6. The van der Waals surface area contributed by atoms with Gasteiger partial charge in [0.1, 0.15) is 17.3 Å². The van der Waals surface area contributed by atoms with Crippen molar-refractivity contribution in [3.05, 3.63) is 143 Å². The van der Waals surface area contributed by atoms with Crippen LogP contribution in [0.2, 0.25) is 0 Å². The lowest BCUT2D eigenvalue weighted by molar-refractivity contribution is -0.385. The van der Waals surface area contributed by atoms with E-state index in [1.54, 1.807) is 69.5 Å². The Morgan fingerprint density at radius 1 is 1.09 bits per heavy atom. The van der Waals surface area contributed by atoms with Crippen molar-refractivity contribution in [1.29, 1.82) is 0 Å². The summed E-state index contributed by atoms with van der Waals surface area (Å²) in [5.41, 5.74) is 2.67. The molecular formula is C34H27N3O7S. The molecule has 0 N–H and O–H groups in total. The van der Waals surface area contributed by atoms with Crippen molar-refractivity contribution >= 4 is 34.8 Å². The van der Waals surface area contributed by atoms with Crippen LogP contribution in [-0.2, 0) is 9.53 Å². The second kappa shape index (κ2) is 12.2. The summed E-state index contributed by atoms with van der Waals surface area (Å²) in [4.78, 5) is 44.0. The maximum Gasteiger partial charge on any atom is 0.338 e. The number of aromatic nitrogens is 1. The van der Waals surface area contributed by atoms with E-state index in [2.05, 4.69) is 0 Å². The number of ether oxygens (including phenoxy) is 2. The summed E-state index contributed by atoms with van der Waals surface area (Å²) >= 11 is 1.17. The van der Waals surface area contributed by atoms with E-state index >= 15 is 0 Å². The monoisotopic (exact) mass is 621 g/mol. The van der Waals surface area contributed by atoms with Crippen molar-refractivity contribution in [2.75, 3.05) is 13.7 Å². The van der Waals surface area contributed by atoms with Crippen LogP contribution in [-0.4, -0.2) is 29.2 Å². The highest BCUT2D eigenvalue weighted by Crippen LogP contribution is 2.36. The molecule has 0 fully saturated rings. The number of rotatable bonds is 8. The van der Waals surface area contributed by atoms with Gasteiger partial charge >= 0.3 is 5.97 Å². The zero-order chi connectivity index (χ0) is 31.7. The van der Waals surface area contributed by atoms with Gasteiger partial charge in [0.2, 0.25) is 0 Å². The molecule has 1 aliphatic rings. The van der Waals surface area contributed by atoms with Crippen molar-refractivity contribution in [2.24, 2.45) is 4.99 Å². The number of carbonyl (C=O) groups excluding carboxylic acids is 1. The molecule has 0 radical (unpaired) electrons. The first-order valence-electron chi connectivity index (χ1n) is 14.1. The molecule has 6 rings (SSSR count). The summed E-state index contributed by atoms with van der Waals surface area (Å²) in [6.45, 7) is 3.53. The summed E-state index contributed by atoms with van der Waals surface area (Å²) in [7, 11) is 1.55. The minimum absolute atomic E-state index is 0.0112. The van der Waals surface area contributed by atoms with Gasteiger partial charge in [-0.25, -0.2) is 9.79 Å². The van der Waals surface area contributed by atoms with Crippen LogP contribution in [0, 0.1) is 17.0 Å². The third kappa shape index (κ3) is 5.49. The molecule has 11 heteroatoms. The highest BCUT2D eigenvalue weighted by molar-refractivity contribution is 7.07. The van der Waals surface area contributed by atoms with Crippen LogP contribution < -0.4 is 19.6 Å². The molecule has 0 unspecified atom stereocenters. The average molecular weight is 622 g/mol. The maximum absolute atomic E-state index is 14.1. The third-order valence-electron chi connectivity index (χ3n) is 7.45. The third-order valence-corrected chi connectivity index (χ3v) is 8.43. The minimum Gasteiger partial charge on any atom is -0.497 e. The number of fused-ring (bicyclic) bond motifs is 1. The molecule has 10 nitrogen and oxygen atoms in total. The van der Waals surface area contributed by atoms with Gasteiger partial charge in [-0.3, -0.25) is 19.5 Å². The first-order valence-corrected chi connectivity index (χ1v) is 14.9. The van der Waals surface area contributed by atoms with Gasteiger partial charge in [0, 0.05) is 28.8 Å². The minimum atomic E-state index is -0.854. The molecule has 0 amide bonds. The number of furan rings is 1. The van der Waals surface area contributed by atoms with E-state index in [-0.39, 0.29) is 23.4 Å². The molecule has 1 aliphatic heterocycles. The van der Waals surface area contributed by atoms with Crippen LogP contribution in [0.4, 0.5) is 5.69 Å². The number of benzene rings is 3. The topological polar surface area (TPSA) is 126 Å². The van der Waals surface area contributed by atoms with Crippen molar-refractivity contribution in [1.82, 2.24) is 4.57 Å². The molecular weight excluding hydrogens is 594 g/mol. The maximum atomic E-state index is 14.1. The number of hydrogen-bond acceptors (Lipinski definition) is 9. The van der Waals surface area contributed by atoms with Crippen molar-refractivity contribution in [3.63, 3.8) is 0 Å². The van der Waals surface area contributed by atoms with Gasteiger partial charge in [0.25, 0.3) is 11.2 Å². The lowest BCUT2D eigenvalue weighted by Crippen LogP contribution is -2.40. The number of nitro groups is 1. The van der Waals surface area contributed by atoms with Gasteiger partial charge < -0.3 is 13.9 Å². The first kappa shape index (κ1) is 29.5. The van der Waals surface area contributed by atoms with E-state index in [0.29, 0.717) is 54.6 Å². The van der Waals surface area contributed by atoms with Crippen LogP contribution in [0.3, 0.4) is 0 Å². The number of methoxy groups -OCH3 is 1. The van der Waals surface area contributed by atoms with Gasteiger partial charge in [-0.1, -0.05) is 65.9 Å². The van der Waals surface area contributed by atoms with E-state index in [0.717, 1.165) is 0 Å². The number of thiazole rings is 1. The Labute approximate surface area is 261 Å². The van der Waals surface area contributed by atoms with Crippen molar-refractivity contribution < 1.29 is 23.6 Å². The van der Waals surface area contributed by atoms with E-state index < -0.39 is 16.9 Å². The van der Waals surface area contributed by atoms with E-state index in [1.807, 2.05) is 36.4 Å². The smallest absolute Gasteiger partial charge is 0.338 e. The normalized spacial score (nSPS) is 14.6. The highest BCUT2D eigenvalue weighted by Gasteiger charge is 2.35. The second-order valence-corrected chi connectivity index (χ2v) is 11.1. The molecule has 1 atom stereocenters. The number of hydrogen-bond donors (Lipinski definition) is 0. The molecule has 0 bridgehead atoms. The van der Waals surface area contributed by atoms with Crippen LogP contribution in [0.15, 0.2) is 105 Å². The van der Waals surface area contributed by atoms with Gasteiger partial charge in [0.05, 0.1) is 40.5 Å². The molecule has 45 heavy (non-hydrogen) atoms. The summed E-state index contributed by atoms with van der Waals surface area (Å²) < 4.78 is 18.9. The molecule has 3 aromatic carbocycles. The summed E-state index contributed by atoms with van der Waals surface area (Å²) in [6, 6.07) is 23.8. The van der Waals surface area contributed by atoms with Crippen LogP contribution in [0.5, 0.6) is 5.75 Å². The van der Waals surface area contributed by atoms with E-state index in [1.165, 1.54) is 22.0 Å². The fourth-order valence-corrected chi connectivity index (χ4v) is 6.34. The molecule has 0 saturated heterocycles. The molecule has 3 heterocycles. The highest BCUT2D eigenvalue weighted by atomic mass is 32.1. The second-order valence-electron chi connectivity index (χ2n) is 10.1. The Morgan fingerprint density at radius 2 is 1.87 bits per heavy atom. The van der Waals surface area contributed by atoms with Crippen LogP contribution >= 0.6 is 11.3 Å². The fourth-order valence-electron chi connectivity index (χ4n) is 5.36. The summed E-state index contributed by atoms with van der Waals surface area (Å²) in [5, 5.41) is 11.5. The van der Waals surface area contributed by atoms with Crippen LogP contribution in [0.25, 0.3) is 23.1 Å². The fraction of sp³-hybridized carbons (Fsp3) is 0.147. The predicted molar refractivity (Wildman–Crippen MR) is 170 cm³/mol. The molecule has 0 spiro atoms. The zero-order valence-corrected chi connectivity index (χ0v) is 25.4. The predicted octanol–water partition coefficient (Wildman–Crippen LogP) is 5.42. The van der Waals surface area contributed by atoms with Gasteiger partial charge in [-0.15, -0.1) is 0 Å². The molecule has 5 aromatic rings. The van der Waals surface area contributed by atoms with Crippen molar-refractivity contribution in [3.8, 4) is 17.1 Å². The van der Waals surface area contributed by atoms with Gasteiger partial charge in [0.15, 0.2) is 4.80 Å². The Morgan fingerprint density at radius 3 is 2.60 bits per heavy atom. The van der Waals surface area contributed by atoms with Gasteiger partial charge in [-0.05, 0) is 43.7 Å². The Balaban J connectivity index is 1.55.